The Kier molecular flexibility index (Phi) is 8.84. The molecule has 0 saturated carbocycles. The summed E-state index contributed by atoms with van der Waals surface area (Å²) in [6.45, 7) is 9.40. The highest BCUT2D eigenvalue weighted by Crippen LogP contribution is 2.12. The lowest BCUT2D eigenvalue weighted by Crippen LogP contribution is -2.31. The average molecular weight is 233 g/mol. The molecule has 4 heteroatoms. The summed E-state index contributed by atoms with van der Waals surface area (Å²) in [5.41, 5.74) is -0.0940. The molecular weight excluding hydrogens is 206 g/mol. The van der Waals surface area contributed by atoms with Gasteiger partial charge in [-0.25, -0.2) is 0 Å². The van der Waals surface area contributed by atoms with Crippen LogP contribution in [0.2, 0.25) is 0 Å². The Labute approximate surface area is 99.6 Å². The highest BCUT2D eigenvalue weighted by atomic mass is 16.5. The minimum Gasteiger partial charge on any atom is -0.383 e. The molecule has 0 amide bonds. The Hall–Kier alpha value is -0.160. The van der Waals surface area contributed by atoms with E-state index >= 15 is 0 Å². The molecule has 98 valence electrons. The second-order valence-electron chi connectivity index (χ2n) is 4.59. The van der Waals surface area contributed by atoms with E-state index in [1.54, 1.807) is 14.2 Å². The van der Waals surface area contributed by atoms with E-state index in [-0.39, 0.29) is 11.7 Å². The predicted octanol–water partition coefficient (Wildman–Crippen LogP) is 1.44. The van der Waals surface area contributed by atoms with Crippen LogP contribution >= 0.6 is 0 Å². The monoisotopic (exact) mass is 233 g/mol. The number of ether oxygens (including phenoxy) is 3. The standard InChI is InChI=1S/C12H27NO3/c1-11(10-13-7-9-14-4)16-8-6-12(2,3)15-5/h11,13H,6-10H2,1-5H3. The van der Waals surface area contributed by atoms with Gasteiger partial charge in [0, 0.05) is 33.9 Å². The lowest BCUT2D eigenvalue weighted by molar-refractivity contribution is -0.0230. The van der Waals surface area contributed by atoms with Gasteiger partial charge in [0.1, 0.15) is 0 Å². The van der Waals surface area contributed by atoms with Crippen LogP contribution in [0.3, 0.4) is 0 Å². The van der Waals surface area contributed by atoms with Crippen molar-refractivity contribution < 1.29 is 14.2 Å². The number of nitrogens with one attached hydrogen (secondary N) is 1. The van der Waals surface area contributed by atoms with Gasteiger partial charge in [-0.1, -0.05) is 0 Å². The summed E-state index contributed by atoms with van der Waals surface area (Å²) in [7, 11) is 3.43. The van der Waals surface area contributed by atoms with Crippen molar-refractivity contribution in [2.45, 2.75) is 38.9 Å². The summed E-state index contributed by atoms with van der Waals surface area (Å²) in [5, 5.41) is 3.27. The Morgan fingerprint density at radius 2 is 1.88 bits per heavy atom. The fraction of sp³-hybridized carbons (Fsp3) is 1.00. The second-order valence-corrected chi connectivity index (χ2v) is 4.59. The van der Waals surface area contributed by atoms with E-state index in [9.17, 15) is 0 Å². The number of methoxy groups -OCH3 is 2. The quantitative estimate of drug-likeness (QED) is 0.580. The van der Waals surface area contributed by atoms with Gasteiger partial charge in [0.2, 0.25) is 0 Å². The van der Waals surface area contributed by atoms with Crippen LogP contribution in [0.15, 0.2) is 0 Å². The zero-order chi connectivity index (χ0) is 12.4. The van der Waals surface area contributed by atoms with Crippen molar-refractivity contribution in [3.05, 3.63) is 0 Å². The molecule has 0 aliphatic carbocycles. The Morgan fingerprint density at radius 3 is 2.44 bits per heavy atom. The first kappa shape index (κ1) is 15.8. The van der Waals surface area contributed by atoms with Crippen LogP contribution in [-0.4, -0.2) is 52.2 Å². The van der Waals surface area contributed by atoms with E-state index < -0.39 is 0 Å². The van der Waals surface area contributed by atoms with Gasteiger partial charge >= 0.3 is 0 Å². The summed E-state index contributed by atoms with van der Waals surface area (Å²) in [4.78, 5) is 0. The molecule has 0 spiro atoms. The van der Waals surface area contributed by atoms with Crippen molar-refractivity contribution >= 4 is 0 Å². The molecule has 4 nitrogen and oxygen atoms in total. The maximum atomic E-state index is 5.68. The van der Waals surface area contributed by atoms with E-state index in [2.05, 4.69) is 26.1 Å². The first-order valence-electron chi connectivity index (χ1n) is 5.88. The molecule has 0 aliphatic rings. The van der Waals surface area contributed by atoms with Crippen molar-refractivity contribution in [1.82, 2.24) is 5.32 Å². The van der Waals surface area contributed by atoms with Gasteiger partial charge in [-0.05, 0) is 27.2 Å². The van der Waals surface area contributed by atoms with Crippen molar-refractivity contribution in [3.8, 4) is 0 Å². The van der Waals surface area contributed by atoms with Crippen LogP contribution < -0.4 is 5.32 Å². The maximum Gasteiger partial charge on any atom is 0.0671 e. The smallest absolute Gasteiger partial charge is 0.0671 e. The topological polar surface area (TPSA) is 39.7 Å². The maximum absolute atomic E-state index is 5.68. The molecule has 0 aliphatic heterocycles. The molecule has 1 unspecified atom stereocenters. The number of hydrogen-bond donors (Lipinski definition) is 1. The van der Waals surface area contributed by atoms with Crippen molar-refractivity contribution in [2.24, 2.45) is 0 Å². The van der Waals surface area contributed by atoms with Crippen LogP contribution in [-0.2, 0) is 14.2 Å². The van der Waals surface area contributed by atoms with Gasteiger partial charge in [-0.15, -0.1) is 0 Å². The molecule has 1 N–H and O–H groups in total. The van der Waals surface area contributed by atoms with E-state index in [0.717, 1.165) is 32.7 Å². The lowest BCUT2D eigenvalue weighted by Gasteiger charge is -2.23. The molecule has 0 aromatic rings. The molecular formula is C12H27NO3. The number of rotatable bonds is 10. The lowest BCUT2D eigenvalue weighted by atomic mass is 10.1. The fourth-order valence-corrected chi connectivity index (χ4v) is 1.15. The van der Waals surface area contributed by atoms with Gasteiger partial charge in [-0.2, -0.15) is 0 Å². The van der Waals surface area contributed by atoms with Gasteiger partial charge < -0.3 is 19.5 Å². The van der Waals surface area contributed by atoms with Crippen LogP contribution in [0.25, 0.3) is 0 Å². The third kappa shape index (κ3) is 9.09. The first-order chi connectivity index (χ1) is 7.52. The van der Waals surface area contributed by atoms with Crippen LogP contribution in [0.4, 0.5) is 0 Å². The Balaban J connectivity index is 3.40. The highest BCUT2D eigenvalue weighted by Gasteiger charge is 2.16. The largest absolute Gasteiger partial charge is 0.383 e. The number of hydrogen-bond acceptors (Lipinski definition) is 4. The molecule has 0 saturated heterocycles. The molecule has 0 radical (unpaired) electrons. The highest BCUT2D eigenvalue weighted by molar-refractivity contribution is 4.67. The predicted molar refractivity (Wildman–Crippen MR) is 65.9 cm³/mol. The van der Waals surface area contributed by atoms with Crippen LogP contribution in [0.1, 0.15) is 27.2 Å². The van der Waals surface area contributed by atoms with E-state index in [0.29, 0.717) is 0 Å². The summed E-state index contributed by atoms with van der Waals surface area (Å²) in [6.07, 6.45) is 1.14. The summed E-state index contributed by atoms with van der Waals surface area (Å²) in [6, 6.07) is 0. The van der Waals surface area contributed by atoms with E-state index in [1.807, 2.05) is 0 Å². The van der Waals surface area contributed by atoms with E-state index in [1.165, 1.54) is 0 Å². The third-order valence-corrected chi connectivity index (χ3v) is 2.57. The van der Waals surface area contributed by atoms with Crippen molar-refractivity contribution in [2.75, 3.05) is 40.5 Å². The van der Waals surface area contributed by atoms with Crippen LogP contribution in [0.5, 0.6) is 0 Å². The molecule has 0 aromatic heterocycles. The Morgan fingerprint density at radius 1 is 1.19 bits per heavy atom. The zero-order valence-electron chi connectivity index (χ0n) is 11.3. The molecule has 0 heterocycles. The average Bonchev–Trinajstić information content (AvgIpc) is 2.24. The van der Waals surface area contributed by atoms with E-state index in [4.69, 9.17) is 14.2 Å². The SMILES string of the molecule is COCCNCC(C)OCCC(C)(C)OC. The van der Waals surface area contributed by atoms with Gasteiger partial charge in [-0.3, -0.25) is 0 Å². The minimum atomic E-state index is -0.0940. The zero-order valence-corrected chi connectivity index (χ0v) is 11.3. The molecule has 0 aromatic carbocycles. The van der Waals surface area contributed by atoms with Crippen molar-refractivity contribution in [1.29, 1.82) is 0 Å². The molecule has 16 heavy (non-hydrogen) atoms. The van der Waals surface area contributed by atoms with Crippen molar-refractivity contribution in [3.63, 3.8) is 0 Å². The summed E-state index contributed by atoms with van der Waals surface area (Å²) >= 11 is 0. The van der Waals surface area contributed by atoms with Gasteiger partial charge in [0.05, 0.1) is 18.3 Å². The minimum absolute atomic E-state index is 0.0940. The third-order valence-electron chi connectivity index (χ3n) is 2.57. The normalized spacial score (nSPS) is 14.1. The molecule has 1 atom stereocenters. The Bertz CT molecular complexity index is 162. The second kappa shape index (κ2) is 8.93. The molecule has 0 bridgehead atoms. The van der Waals surface area contributed by atoms with Crippen LogP contribution in [0, 0.1) is 0 Å². The molecule has 0 rings (SSSR count). The van der Waals surface area contributed by atoms with Gasteiger partial charge in [0.25, 0.3) is 0 Å². The fourth-order valence-electron chi connectivity index (χ4n) is 1.15. The summed E-state index contributed by atoms with van der Waals surface area (Å²) in [5.74, 6) is 0. The molecule has 0 fully saturated rings. The first-order valence-corrected chi connectivity index (χ1v) is 5.88. The summed E-state index contributed by atoms with van der Waals surface area (Å²) < 4.78 is 15.9. The van der Waals surface area contributed by atoms with Gasteiger partial charge in [0.15, 0.2) is 0 Å².